The number of ether oxygens (including phenoxy) is 2. The smallest absolute Gasteiger partial charge is 0.269 e. The molecule has 0 atom stereocenters. The predicted molar refractivity (Wildman–Crippen MR) is 126 cm³/mol. The Bertz CT molecular complexity index is 1610. The van der Waals surface area contributed by atoms with E-state index in [1.807, 2.05) is 31.2 Å². The van der Waals surface area contributed by atoms with Crippen LogP contribution in [0.1, 0.15) is 5.56 Å². The average Bonchev–Trinajstić information content (AvgIpc) is 3.29. The molecule has 0 saturated carbocycles. The van der Waals surface area contributed by atoms with Crippen LogP contribution in [-0.4, -0.2) is 32.5 Å². The maximum atomic E-state index is 14.9. The molecule has 8 heteroatoms. The molecular weight excluding hydrogens is 435 g/mol. The fourth-order valence-electron chi connectivity index (χ4n) is 4.08. The van der Waals surface area contributed by atoms with Crippen LogP contribution in [0.5, 0.6) is 11.5 Å². The lowest BCUT2D eigenvalue weighted by Crippen LogP contribution is -2.23. The first-order valence-electron chi connectivity index (χ1n) is 10.8. The Balaban J connectivity index is 1.65. The summed E-state index contributed by atoms with van der Waals surface area (Å²) in [5.41, 5.74) is 2.53. The standard InChI is InChI=1S/C26H19FN4O3/c1-16-6-8-17(9-7-16)31-25-20(15-28-31)26(32)30(24(29-25)19-4-2-3-5-21(19)27)18-10-11-22-23(14-18)34-13-12-33-22/h2-11,14-15H,12-13H2,1H3. The monoisotopic (exact) mass is 454 g/mol. The second-order valence-electron chi connectivity index (χ2n) is 8.01. The molecule has 6 rings (SSSR count). The van der Waals surface area contributed by atoms with Gasteiger partial charge in [0, 0.05) is 6.07 Å². The Hall–Kier alpha value is -4.46. The molecule has 3 heterocycles. The first kappa shape index (κ1) is 20.2. The fourth-order valence-corrected chi connectivity index (χ4v) is 4.08. The van der Waals surface area contributed by atoms with Gasteiger partial charge in [0.25, 0.3) is 5.56 Å². The summed E-state index contributed by atoms with van der Waals surface area (Å²) in [6, 6.07) is 19.1. The van der Waals surface area contributed by atoms with Gasteiger partial charge in [-0.05, 0) is 43.3 Å². The quantitative estimate of drug-likeness (QED) is 0.403. The predicted octanol–water partition coefficient (Wildman–Crippen LogP) is 4.46. The zero-order valence-corrected chi connectivity index (χ0v) is 18.2. The third-order valence-electron chi connectivity index (χ3n) is 5.78. The van der Waals surface area contributed by atoms with Crippen LogP contribution in [0.25, 0.3) is 33.8 Å². The Labute approximate surface area is 193 Å². The molecule has 0 amide bonds. The molecule has 7 nitrogen and oxygen atoms in total. The number of rotatable bonds is 3. The van der Waals surface area contributed by atoms with Gasteiger partial charge in [0.05, 0.1) is 23.1 Å². The molecule has 0 unspecified atom stereocenters. The van der Waals surface area contributed by atoms with Crippen molar-refractivity contribution in [2.24, 2.45) is 0 Å². The minimum absolute atomic E-state index is 0.168. The van der Waals surface area contributed by atoms with E-state index < -0.39 is 5.82 Å². The van der Waals surface area contributed by atoms with Gasteiger partial charge in [-0.25, -0.2) is 14.1 Å². The van der Waals surface area contributed by atoms with Gasteiger partial charge in [-0.2, -0.15) is 5.10 Å². The summed E-state index contributed by atoms with van der Waals surface area (Å²) in [5, 5.41) is 4.74. The summed E-state index contributed by atoms with van der Waals surface area (Å²) < 4.78 is 29.2. The second-order valence-corrected chi connectivity index (χ2v) is 8.01. The zero-order chi connectivity index (χ0) is 23.2. The minimum Gasteiger partial charge on any atom is -0.486 e. The molecule has 1 aliphatic heterocycles. The van der Waals surface area contributed by atoms with E-state index in [9.17, 15) is 9.18 Å². The summed E-state index contributed by atoms with van der Waals surface area (Å²) in [7, 11) is 0. The number of fused-ring (bicyclic) bond motifs is 2. The highest BCUT2D eigenvalue weighted by Gasteiger charge is 2.22. The van der Waals surface area contributed by atoms with E-state index >= 15 is 0 Å². The van der Waals surface area contributed by atoms with Gasteiger partial charge in [0.1, 0.15) is 24.4 Å². The van der Waals surface area contributed by atoms with Crippen molar-refractivity contribution >= 4 is 11.0 Å². The van der Waals surface area contributed by atoms with Gasteiger partial charge in [0.2, 0.25) is 0 Å². The maximum Gasteiger partial charge on any atom is 0.269 e. The van der Waals surface area contributed by atoms with E-state index in [1.54, 1.807) is 41.1 Å². The van der Waals surface area contributed by atoms with Crippen molar-refractivity contribution in [1.82, 2.24) is 19.3 Å². The van der Waals surface area contributed by atoms with Crippen LogP contribution in [0.15, 0.2) is 77.7 Å². The maximum absolute atomic E-state index is 14.9. The van der Waals surface area contributed by atoms with Gasteiger partial charge >= 0.3 is 0 Å². The molecular formula is C26H19FN4O3. The van der Waals surface area contributed by atoms with Crippen LogP contribution in [0.4, 0.5) is 4.39 Å². The Morgan fingerprint density at radius 1 is 0.912 bits per heavy atom. The average molecular weight is 454 g/mol. The number of hydrogen-bond donors (Lipinski definition) is 0. The summed E-state index contributed by atoms with van der Waals surface area (Å²) in [5.74, 6) is 0.796. The van der Waals surface area contributed by atoms with E-state index in [4.69, 9.17) is 14.5 Å². The number of hydrogen-bond acceptors (Lipinski definition) is 5. The van der Waals surface area contributed by atoms with Crippen LogP contribution >= 0.6 is 0 Å². The molecule has 0 radical (unpaired) electrons. The van der Waals surface area contributed by atoms with Gasteiger partial charge in [-0.15, -0.1) is 0 Å². The number of nitrogens with zero attached hydrogens (tertiary/aromatic N) is 4. The SMILES string of the molecule is Cc1ccc(-n2ncc3c(=O)n(-c4ccc5c(c4)OCCO5)c(-c4ccccc4F)nc32)cc1. The van der Waals surface area contributed by atoms with Crippen LogP contribution in [0, 0.1) is 12.7 Å². The van der Waals surface area contributed by atoms with E-state index in [2.05, 4.69) is 5.10 Å². The van der Waals surface area contributed by atoms with Crippen LogP contribution in [-0.2, 0) is 0 Å². The largest absolute Gasteiger partial charge is 0.486 e. The Morgan fingerprint density at radius 2 is 1.65 bits per heavy atom. The number of aromatic nitrogens is 4. The molecule has 0 saturated heterocycles. The molecule has 0 N–H and O–H groups in total. The zero-order valence-electron chi connectivity index (χ0n) is 18.2. The van der Waals surface area contributed by atoms with Crippen LogP contribution in [0.3, 0.4) is 0 Å². The van der Waals surface area contributed by atoms with E-state index in [0.29, 0.717) is 41.4 Å². The highest BCUT2D eigenvalue weighted by atomic mass is 19.1. The molecule has 2 aromatic heterocycles. The molecule has 1 aliphatic rings. The van der Waals surface area contributed by atoms with Gasteiger partial charge in [0.15, 0.2) is 23.0 Å². The first-order chi connectivity index (χ1) is 16.6. The lowest BCUT2D eigenvalue weighted by molar-refractivity contribution is 0.171. The number of benzene rings is 3. The van der Waals surface area contributed by atoms with E-state index in [0.717, 1.165) is 11.3 Å². The summed E-state index contributed by atoms with van der Waals surface area (Å²) in [4.78, 5) is 18.5. The lowest BCUT2D eigenvalue weighted by Gasteiger charge is -2.20. The van der Waals surface area contributed by atoms with Crippen molar-refractivity contribution in [2.45, 2.75) is 6.92 Å². The van der Waals surface area contributed by atoms with E-state index in [-0.39, 0.29) is 16.9 Å². The van der Waals surface area contributed by atoms with E-state index in [1.165, 1.54) is 16.8 Å². The molecule has 34 heavy (non-hydrogen) atoms. The van der Waals surface area contributed by atoms with Crippen molar-refractivity contribution < 1.29 is 13.9 Å². The highest BCUT2D eigenvalue weighted by molar-refractivity contribution is 5.79. The lowest BCUT2D eigenvalue weighted by atomic mass is 10.1. The fraction of sp³-hybridized carbons (Fsp3) is 0.115. The molecule has 168 valence electrons. The third-order valence-corrected chi connectivity index (χ3v) is 5.78. The van der Waals surface area contributed by atoms with Gasteiger partial charge < -0.3 is 9.47 Å². The first-order valence-corrected chi connectivity index (χ1v) is 10.8. The summed E-state index contributed by atoms with van der Waals surface area (Å²) in [6.07, 6.45) is 1.49. The minimum atomic E-state index is -0.485. The van der Waals surface area contributed by atoms with Crippen molar-refractivity contribution in [3.05, 3.63) is 94.7 Å². The molecule has 3 aromatic carbocycles. The molecule has 0 bridgehead atoms. The summed E-state index contributed by atoms with van der Waals surface area (Å²) >= 11 is 0. The Morgan fingerprint density at radius 3 is 2.44 bits per heavy atom. The number of aryl methyl sites for hydroxylation is 1. The van der Waals surface area contributed by atoms with Crippen molar-refractivity contribution in [3.63, 3.8) is 0 Å². The van der Waals surface area contributed by atoms with Crippen molar-refractivity contribution in [2.75, 3.05) is 13.2 Å². The third kappa shape index (κ3) is 3.23. The normalized spacial score (nSPS) is 12.8. The molecule has 0 spiro atoms. The van der Waals surface area contributed by atoms with Gasteiger partial charge in [-0.3, -0.25) is 9.36 Å². The molecule has 0 aliphatic carbocycles. The van der Waals surface area contributed by atoms with Crippen molar-refractivity contribution in [3.8, 4) is 34.3 Å². The second kappa shape index (κ2) is 7.84. The van der Waals surface area contributed by atoms with Crippen LogP contribution < -0.4 is 15.0 Å². The topological polar surface area (TPSA) is 71.2 Å². The van der Waals surface area contributed by atoms with Gasteiger partial charge in [-0.1, -0.05) is 29.8 Å². The Kier molecular flexibility index (Phi) is 4.65. The number of halogens is 1. The molecule has 0 fully saturated rings. The summed E-state index contributed by atoms with van der Waals surface area (Å²) in [6.45, 7) is 2.86. The molecule has 5 aromatic rings. The van der Waals surface area contributed by atoms with Crippen molar-refractivity contribution in [1.29, 1.82) is 0 Å². The highest BCUT2D eigenvalue weighted by Crippen LogP contribution is 2.33. The van der Waals surface area contributed by atoms with Crippen LogP contribution in [0.2, 0.25) is 0 Å².